The molecule has 0 bridgehead atoms. The fourth-order valence-corrected chi connectivity index (χ4v) is 6.35. The lowest BCUT2D eigenvalue weighted by atomic mass is 9.87. The Bertz CT molecular complexity index is 398. The fraction of sp³-hybridized carbons (Fsp3) is 0.667. The summed E-state index contributed by atoms with van der Waals surface area (Å²) in [6, 6.07) is 9.13. The molecule has 19 heavy (non-hydrogen) atoms. The van der Waals surface area contributed by atoms with Crippen LogP contribution in [-0.2, 0) is 5.41 Å². The van der Waals surface area contributed by atoms with Crippen molar-refractivity contribution in [3.05, 3.63) is 29.8 Å². The summed E-state index contributed by atoms with van der Waals surface area (Å²) in [5.41, 5.74) is 1.79. The molecule has 1 rings (SSSR count). The first-order valence-corrected chi connectivity index (χ1v) is 10.1. The van der Waals surface area contributed by atoms with Crippen LogP contribution in [0.5, 0.6) is 0 Å². The molecule has 1 unspecified atom stereocenters. The van der Waals surface area contributed by atoms with Crippen molar-refractivity contribution in [2.45, 2.75) is 69.4 Å². The van der Waals surface area contributed by atoms with E-state index in [-0.39, 0.29) is 5.41 Å². The summed E-state index contributed by atoms with van der Waals surface area (Å²) in [4.78, 5) is 1.63. The summed E-state index contributed by atoms with van der Waals surface area (Å²) in [5, 5.41) is 0.848. The highest BCUT2D eigenvalue weighted by molar-refractivity contribution is 8.33. The zero-order valence-corrected chi connectivity index (χ0v) is 14.7. The maximum absolute atomic E-state index is 2.52. The Hall–Kier alpha value is -0.430. The Kier molecular flexibility index (Phi) is 5.55. The van der Waals surface area contributed by atoms with E-state index in [4.69, 9.17) is 0 Å². The van der Waals surface area contributed by atoms with Crippen LogP contribution < -0.4 is 0 Å². The molecule has 0 aliphatic heterocycles. The molecule has 1 atom stereocenters. The van der Waals surface area contributed by atoms with E-state index in [1.54, 1.807) is 10.5 Å². The van der Waals surface area contributed by atoms with E-state index in [9.17, 15) is 0 Å². The lowest BCUT2D eigenvalue weighted by Gasteiger charge is -2.43. The Morgan fingerprint density at radius 1 is 1.05 bits per heavy atom. The van der Waals surface area contributed by atoms with Gasteiger partial charge in [-0.15, -0.1) is 0 Å². The summed E-state index contributed by atoms with van der Waals surface area (Å²) in [6.45, 7) is 11.7. The summed E-state index contributed by atoms with van der Waals surface area (Å²) < 4.78 is 0. The number of rotatable bonds is 5. The topological polar surface area (TPSA) is 0 Å². The average molecular weight is 281 g/mol. The second kappa shape index (κ2) is 6.35. The Balaban J connectivity index is 3.27. The highest BCUT2D eigenvalue weighted by Crippen LogP contribution is 2.58. The summed E-state index contributed by atoms with van der Waals surface area (Å²) >= 11 is 0. The summed E-state index contributed by atoms with van der Waals surface area (Å²) in [7, 11) is -0.727. The zero-order valence-electron chi connectivity index (χ0n) is 13.9. The van der Waals surface area contributed by atoms with Gasteiger partial charge >= 0.3 is 0 Å². The summed E-state index contributed by atoms with van der Waals surface area (Å²) in [6.07, 6.45) is 8.99. The molecule has 0 aliphatic carbocycles. The lowest BCUT2D eigenvalue weighted by Crippen LogP contribution is -2.21. The van der Waals surface area contributed by atoms with Gasteiger partial charge in [-0.2, -0.15) is 0 Å². The van der Waals surface area contributed by atoms with Crippen molar-refractivity contribution < 1.29 is 0 Å². The van der Waals surface area contributed by atoms with Crippen LogP contribution in [-0.4, -0.2) is 17.8 Å². The van der Waals surface area contributed by atoms with Gasteiger partial charge in [0.2, 0.25) is 0 Å². The molecule has 0 saturated carbocycles. The van der Waals surface area contributed by atoms with Crippen LogP contribution in [0.3, 0.4) is 0 Å². The van der Waals surface area contributed by atoms with E-state index in [0.717, 1.165) is 5.25 Å². The molecule has 1 aromatic rings. The maximum Gasteiger partial charge on any atom is -0.00639 e. The molecule has 0 nitrogen and oxygen atoms in total. The Morgan fingerprint density at radius 2 is 1.63 bits per heavy atom. The van der Waals surface area contributed by atoms with Gasteiger partial charge < -0.3 is 0 Å². The minimum absolute atomic E-state index is 0.241. The number of benzene rings is 1. The molecule has 110 valence electrons. The molecule has 0 spiro atoms. The van der Waals surface area contributed by atoms with Gasteiger partial charge in [-0.25, -0.2) is 10.0 Å². The third-order valence-electron chi connectivity index (χ3n) is 4.16. The van der Waals surface area contributed by atoms with E-state index < -0.39 is 10.0 Å². The average Bonchev–Trinajstić information content (AvgIpc) is 2.34. The van der Waals surface area contributed by atoms with Gasteiger partial charge in [-0.05, 0) is 52.5 Å². The third-order valence-corrected chi connectivity index (χ3v) is 7.89. The van der Waals surface area contributed by atoms with Crippen LogP contribution in [0, 0.1) is 0 Å². The van der Waals surface area contributed by atoms with Crippen LogP contribution in [0.2, 0.25) is 0 Å². The molecule has 0 aliphatic rings. The first-order chi connectivity index (χ1) is 8.75. The number of hydrogen-bond donors (Lipinski definition) is 0. The molecule has 0 radical (unpaired) electrons. The molecular weight excluding hydrogens is 248 g/mol. The Morgan fingerprint density at radius 3 is 2.11 bits per heavy atom. The quantitative estimate of drug-likeness (QED) is 0.622. The SMILES string of the molecule is CCCC(CC)S(C)(C)c1ccccc1C(C)(C)C. The van der Waals surface area contributed by atoms with Gasteiger partial charge in [0, 0.05) is 0 Å². The van der Waals surface area contributed by atoms with Gasteiger partial charge in [-0.3, -0.25) is 0 Å². The minimum atomic E-state index is -0.727. The smallest absolute Gasteiger partial charge is 0.00639 e. The number of hydrogen-bond acceptors (Lipinski definition) is 0. The monoisotopic (exact) mass is 280 g/mol. The highest BCUT2D eigenvalue weighted by atomic mass is 32.3. The molecule has 1 aromatic carbocycles. The van der Waals surface area contributed by atoms with Crippen molar-refractivity contribution in [2.24, 2.45) is 0 Å². The second-order valence-corrected chi connectivity index (χ2v) is 10.9. The first-order valence-electron chi connectivity index (χ1n) is 7.56. The Labute approximate surface area is 122 Å². The van der Waals surface area contributed by atoms with Gasteiger partial charge in [0.25, 0.3) is 0 Å². The van der Waals surface area contributed by atoms with Gasteiger partial charge in [0.1, 0.15) is 0 Å². The third kappa shape index (κ3) is 3.78. The van der Waals surface area contributed by atoms with E-state index in [1.807, 2.05) is 0 Å². The first kappa shape index (κ1) is 16.6. The molecule has 0 fully saturated rings. The molecule has 1 heteroatoms. The molecule has 0 heterocycles. The predicted molar refractivity (Wildman–Crippen MR) is 91.8 cm³/mol. The van der Waals surface area contributed by atoms with Gasteiger partial charge in [0.05, 0.1) is 0 Å². The lowest BCUT2D eigenvalue weighted by molar-refractivity contribution is 0.576. The zero-order chi connectivity index (χ0) is 14.7. The van der Waals surface area contributed by atoms with Crippen molar-refractivity contribution >= 4 is 10.0 Å². The highest BCUT2D eigenvalue weighted by Gasteiger charge is 2.29. The van der Waals surface area contributed by atoms with Crippen molar-refractivity contribution in [3.8, 4) is 0 Å². The predicted octanol–water partition coefficient (Wildman–Crippen LogP) is 5.99. The summed E-state index contributed by atoms with van der Waals surface area (Å²) in [5.74, 6) is 0. The van der Waals surface area contributed by atoms with E-state index in [0.29, 0.717) is 0 Å². The van der Waals surface area contributed by atoms with Crippen LogP contribution in [0.15, 0.2) is 29.2 Å². The van der Waals surface area contributed by atoms with Crippen LogP contribution in [0.1, 0.15) is 59.4 Å². The van der Waals surface area contributed by atoms with Crippen LogP contribution >= 0.6 is 10.0 Å². The largest absolute Gasteiger partial charge is 0.217 e. The molecule has 0 N–H and O–H groups in total. The second-order valence-electron chi connectivity index (χ2n) is 6.97. The van der Waals surface area contributed by atoms with Gasteiger partial charge in [-0.1, -0.05) is 59.2 Å². The molecule has 0 saturated heterocycles. The fourth-order valence-electron chi connectivity index (χ4n) is 2.96. The van der Waals surface area contributed by atoms with Crippen molar-refractivity contribution in [1.82, 2.24) is 0 Å². The van der Waals surface area contributed by atoms with E-state index in [1.165, 1.54) is 19.3 Å². The molecule has 0 aromatic heterocycles. The normalized spacial score (nSPS) is 15.3. The van der Waals surface area contributed by atoms with Crippen molar-refractivity contribution in [2.75, 3.05) is 12.5 Å². The van der Waals surface area contributed by atoms with Gasteiger partial charge in [0.15, 0.2) is 0 Å². The van der Waals surface area contributed by atoms with E-state index in [2.05, 4.69) is 71.4 Å². The van der Waals surface area contributed by atoms with Crippen molar-refractivity contribution in [3.63, 3.8) is 0 Å². The van der Waals surface area contributed by atoms with E-state index >= 15 is 0 Å². The van der Waals surface area contributed by atoms with Crippen LogP contribution in [0.4, 0.5) is 0 Å². The minimum Gasteiger partial charge on any atom is -0.217 e. The standard InChI is InChI=1S/C18H32S/c1-8-12-15(9-2)19(6,7)17-14-11-10-13-16(17)18(3,4)5/h10-11,13-15H,8-9,12H2,1-7H3. The van der Waals surface area contributed by atoms with Crippen molar-refractivity contribution in [1.29, 1.82) is 0 Å². The van der Waals surface area contributed by atoms with Crippen LogP contribution in [0.25, 0.3) is 0 Å². The molecular formula is C18H32S. The maximum atomic E-state index is 2.52. The molecule has 0 amide bonds.